The third kappa shape index (κ3) is 3.94. The van der Waals surface area contributed by atoms with Gasteiger partial charge in [0.25, 0.3) is 0 Å². The molecule has 1 aliphatic rings. The molecule has 0 spiro atoms. The number of amides is 1. The normalized spacial score (nSPS) is 21.5. The third-order valence-corrected chi connectivity index (χ3v) is 4.88. The van der Waals surface area contributed by atoms with Crippen molar-refractivity contribution in [2.75, 3.05) is 0 Å². The number of fused-ring (bicyclic) bond motifs is 1. The number of hydrogen-bond acceptors (Lipinski definition) is 3. The number of rotatable bonds is 4. The molecule has 0 atom stereocenters. The van der Waals surface area contributed by atoms with Gasteiger partial charge in [0.1, 0.15) is 11.3 Å². The number of carbonyl (C=O) groups is 1. The van der Waals surface area contributed by atoms with E-state index in [1.807, 2.05) is 0 Å². The zero-order valence-corrected chi connectivity index (χ0v) is 14.2. The van der Waals surface area contributed by atoms with Crippen LogP contribution >= 0.6 is 0 Å². The predicted octanol–water partition coefficient (Wildman–Crippen LogP) is 3.59. The highest BCUT2D eigenvalue weighted by Crippen LogP contribution is 2.24. The predicted molar refractivity (Wildman–Crippen MR) is 92.4 cm³/mol. The summed E-state index contributed by atoms with van der Waals surface area (Å²) in [6.07, 6.45) is 4.30. The molecular weight excluding hydrogens is 288 g/mol. The van der Waals surface area contributed by atoms with Crippen LogP contribution in [-0.4, -0.2) is 18.0 Å². The average Bonchev–Trinajstić information content (AvgIpc) is 2.88. The zero-order valence-electron chi connectivity index (χ0n) is 14.2. The zero-order chi connectivity index (χ0) is 16.4. The fraction of sp³-hybridized carbons (Fsp3) is 0.526. The second kappa shape index (κ2) is 6.75. The first kappa shape index (κ1) is 16.1. The summed E-state index contributed by atoms with van der Waals surface area (Å²) in [4.78, 5) is 11.1. The molecule has 0 saturated heterocycles. The Kier molecular flexibility index (Phi) is 4.71. The van der Waals surface area contributed by atoms with E-state index in [4.69, 9.17) is 4.42 Å². The molecule has 2 N–H and O–H groups in total. The molecule has 1 aromatic carbocycles. The van der Waals surface area contributed by atoms with Crippen LogP contribution in [0.4, 0.5) is 0 Å². The number of carbonyl (C=O) groups excluding carboxylic acids is 1. The lowest BCUT2D eigenvalue weighted by Crippen LogP contribution is -2.41. The molecule has 1 aliphatic carbocycles. The largest absolute Gasteiger partial charge is 0.460 e. The monoisotopic (exact) mass is 314 g/mol. The lowest BCUT2D eigenvalue weighted by molar-refractivity contribution is -0.119. The van der Waals surface area contributed by atoms with Crippen molar-refractivity contribution >= 4 is 16.9 Å². The first-order valence-electron chi connectivity index (χ1n) is 8.51. The minimum Gasteiger partial charge on any atom is -0.460 e. The Morgan fingerprint density at radius 1 is 1.09 bits per heavy atom. The maximum atomic E-state index is 11.1. The maximum absolute atomic E-state index is 11.1. The van der Waals surface area contributed by atoms with Crippen LogP contribution in [0.2, 0.25) is 0 Å². The van der Waals surface area contributed by atoms with E-state index in [-0.39, 0.29) is 5.91 Å². The SMILES string of the molecule is CC(=O)NC1CCC(NCc2cc3cc(C)c(C)cc3o2)CC1. The van der Waals surface area contributed by atoms with E-state index in [9.17, 15) is 4.79 Å². The van der Waals surface area contributed by atoms with Gasteiger partial charge in [0, 0.05) is 24.4 Å². The van der Waals surface area contributed by atoms with Crippen molar-refractivity contribution in [3.63, 3.8) is 0 Å². The smallest absolute Gasteiger partial charge is 0.217 e. The number of furan rings is 1. The van der Waals surface area contributed by atoms with Crippen LogP contribution in [-0.2, 0) is 11.3 Å². The van der Waals surface area contributed by atoms with Gasteiger partial charge in [-0.25, -0.2) is 0 Å². The van der Waals surface area contributed by atoms with Gasteiger partial charge in [-0.1, -0.05) is 0 Å². The Morgan fingerprint density at radius 2 is 1.74 bits per heavy atom. The quantitative estimate of drug-likeness (QED) is 0.907. The van der Waals surface area contributed by atoms with Crippen LogP contribution in [0.5, 0.6) is 0 Å². The fourth-order valence-corrected chi connectivity index (χ4v) is 3.42. The molecule has 124 valence electrons. The van der Waals surface area contributed by atoms with Crippen molar-refractivity contribution in [2.24, 2.45) is 0 Å². The molecule has 1 amide bonds. The van der Waals surface area contributed by atoms with Crippen LogP contribution in [0.1, 0.15) is 49.5 Å². The summed E-state index contributed by atoms with van der Waals surface area (Å²) in [5, 5.41) is 7.79. The molecule has 4 heteroatoms. The molecule has 0 aliphatic heterocycles. The van der Waals surface area contributed by atoms with Gasteiger partial charge in [-0.05, 0) is 68.9 Å². The Hall–Kier alpha value is -1.81. The second-order valence-electron chi connectivity index (χ2n) is 6.82. The van der Waals surface area contributed by atoms with Gasteiger partial charge in [0.2, 0.25) is 5.91 Å². The van der Waals surface area contributed by atoms with E-state index < -0.39 is 0 Å². The first-order chi connectivity index (χ1) is 11.0. The average molecular weight is 314 g/mol. The summed E-state index contributed by atoms with van der Waals surface area (Å²) in [5.74, 6) is 1.07. The molecule has 1 heterocycles. The lowest BCUT2D eigenvalue weighted by Gasteiger charge is -2.29. The van der Waals surface area contributed by atoms with Crippen molar-refractivity contribution in [1.29, 1.82) is 0 Å². The van der Waals surface area contributed by atoms with E-state index in [1.54, 1.807) is 6.92 Å². The van der Waals surface area contributed by atoms with Gasteiger partial charge in [-0.2, -0.15) is 0 Å². The van der Waals surface area contributed by atoms with Crippen molar-refractivity contribution in [1.82, 2.24) is 10.6 Å². The molecule has 1 saturated carbocycles. The highest BCUT2D eigenvalue weighted by Gasteiger charge is 2.21. The number of benzene rings is 1. The molecule has 1 fully saturated rings. The van der Waals surface area contributed by atoms with E-state index in [1.165, 1.54) is 16.5 Å². The second-order valence-corrected chi connectivity index (χ2v) is 6.82. The summed E-state index contributed by atoms with van der Waals surface area (Å²) < 4.78 is 5.95. The molecule has 23 heavy (non-hydrogen) atoms. The first-order valence-corrected chi connectivity index (χ1v) is 8.51. The molecular formula is C19H26N2O2. The summed E-state index contributed by atoms with van der Waals surface area (Å²) >= 11 is 0. The Bertz CT molecular complexity index is 658. The van der Waals surface area contributed by atoms with Gasteiger partial charge < -0.3 is 15.1 Å². The van der Waals surface area contributed by atoms with Crippen LogP contribution in [0.25, 0.3) is 11.0 Å². The highest BCUT2D eigenvalue weighted by atomic mass is 16.3. The van der Waals surface area contributed by atoms with Gasteiger partial charge >= 0.3 is 0 Å². The summed E-state index contributed by atoms with van der Waals surface area (Å²) in [7, 11) is 0. The highest BCUT2D eigenvalue weighted by molar-refractivity contribution is 5.79. The molecule has 4 nitrogen and oxygen atoms in total. The van der Waals surface area contributed by atoms with Crippen LogP contribution in [0.15, 0.2) is 22.6 Å². The lowest BCUT2D eigenvalue weighted by atomic mass is 9.91. The molecule has 3 rings (SSSR count). The molecule has 2 aromatic rings. The summed E-state index contributed by atoms with van der Waals surface area (Å²) in [5.41, 5.74) is 3.54. The third-order valence-electron chi connectivity index (χ3n) is 4.88. The van der Waals surface area contributed by atoms with Crippen LogP contribution in [0.3, 0.4) is 0 Å². The van der Waals surface area contributed by atoms with Gasteiger partial charge in [0.05, 0.1) is 6.54 Å². The summed E-state index contributed by atoms with van der Waals surface area (Å²) in [6.45, 7) is 6.60. The molecule has 0 unspecified atom stereocenters. The van der Waals surface area contributed by atoms with Crippen molar-refractivity contribution in [3.8, 4) is 0 Å². The van der Waals surface area contributed by atoms with Gasteiger partial charge in [0.15, 0.2) is 0 Å². The van der Waals surface area contributed by atoms with E-state index in [0.717, 1.165) is 43.6 Å². The van der Waals surface area contributed by atoms with Crippen LogP contribution in [0, 0.1) is 13.8 Å². The Morgan fingerprint density at radius 3 is 2.43 bits per heavy atom. The Labute approximate surface area is 137 Å². The summed E-state index contributed by atoms with van der Waals surface area (Å²) in [6, 6.07) is 7.31. The topological polar surface area (TPSA) is 54.3 Å². The fourth-order valence-electron chi connectivity index (χ4n) is 3.42. The molecule has 0 bridgehead atoms. The minimum atomic E-state index is 0.0780. The van der Waals surface area contributed by atoms with E-state index >= 15 is 0 Å². The van der Waals surface area contributed by atoms with Gasteiger partial charge in [-0.3, -0.25) is 4.79 Å². The minimum absolute atomic E-state index is 0.0780. The van der Waals surface area contributed by atoms with Gasteiger partial charge in [-0.15, -0.1) is 0 Å². The number of hydrogen-bond donors (Lipinski definition) is 2. The molecule has 0 radical (unpaired) electrons. The van der Waals surface area contributed by atoms with E-state index in [2.05, 4.69) is 42.7 Å². The van der Waals surface area contributed by atoms with E-state index in [0.29, 0.717) is 12.1 Å². The number of nitrogens with one attached hydrogen (secondary N) is 2. The van der Waals surface area contributed by atoms with Crippen molar-refractivity contribution in [3.05, 3.63) is 35.1 Å². The standard InChI is InChI=1S/C19H26N2O2/c1-12-8-15-10-18(23-19(15)9-13(12)2)11-20-16-4-6-17(7-5-16)21-14(3)22/h8-10,16-17,20H,4-7,11H2,1-3H3,(H,21,22). The van der Waals surface area contributed by atoms with Crippen LogP contribution < -0.4 is 10.6 Å². The van der Waals surface area contributed by atoms with Crippen molar-refractivity contribution < 1.29 is 9.21 Å². The maximum Gasteiger partial charge on any atom is 0.217 e. The number of aryl methyl sites for hydroxylation is 2. The molecule has 1 aromatic heterocycles. The Balaban J connectivity index is 1.54. The van der Waals surface area contributed by atoms with Crippen molar-refractivity contribution in [2.45, 2.75) is 65.1 Å².